The molecule has 2 aliphatic heterocycles. The molecular weight excluding hydrogens is 541 g/mol. The quantitative estimate of drug-likeness (QED) is 0.135. The number of hydrogen-bond acceptors (Lipinski definition) is 10. The summed E-state index contributed by atoms with van der Waals surface area (Å²) in [5.41, 5.74) is -1.89. The predicted molar refractivity (Wildman–Crippen MR) is 142 cm³/mol. The van der Waals surface area contributed by atoms with E-state index in [2.05, 4.69) is 22.9 Å². The minimum absolute atomic E-state index is 0.0599. The van der Waals surface area contributed by atoms with Crippen molar-refractivity contribution in [2.45, 2.75) is 24.0 Å². The van der Waals surface area contributed by atoms with Crippen molar-refractivity contribution in [2.75, 3.05) is 19.8 Å². The number of para-hydroxylation sites is 1. The number of esters is 1. The van der Waals surface area contributed by atoms with Gasteiger partial charge in [-0.15, -0.1) is 6.42 Å². The molecule has 5 atom stereocenters. The van der Waals surface area contributed by atoms with Gasteiger partial charge < -0.3 is 34.4 Å². The molecule has 2 heterocycles. The zero-order chi connectivity index (χ0) is 28.8. The number of hydrogen-bond donors (Lipinski definition) is 4. The van der Waals surface area contributed by atoms with Crippen LogP contribution in [0.3, 0.4) is 0 Å². The van der Waals surface area contributed by atoms with Crippen LogP contribution in [0.2, 0.25) is 0 Å². The first kappa shape index (κ1) is 29.0. The summed E-state index contributed by atoms with van der Waals surface area (Å²) in [6.45, 7) is 2.91. The van der Waals surface area contributed by atoms with Crippen LogP contribution in [0, 0.1) is 12.3 Å². The van der Waals surface area contributed by atoms with Crippen LogP contribution < -0.4 is 14.9 Å². The zero-order valence-electron chi connectivity index (χ0n) is 21.2. The fourth-order valence-corrected chi connectivity index (χ4v) is 5.24. The molecule has 210 valence electrons. The van der Waals surface area contributed by atoms with Gasteiger partial charge in [-0.3, -0.25) is 9.32 Å². The molecule has 40 heavy (non-hydrogen) atoms. The smallest absolute Gasteiger partial charge is 0.458 e. The number of ether oxygens (including phenoxy) is 2. The highest BCUT2D eigenvalue weighted by Gasteiger charge is 2.57. The molecular formula is C27H28N3O9P. The number of nitrogens with one attached hydrogen (secondary N) is 2. The molecule has 0 spiro atoms. The molecule has 0 aromatic heterocycles. The SMILES string of the molecule is C#C[C@@]1(O)[C@H](O)[C@@H](COP(=O)(NCCOC(=O)c2ccccc2)Oc2ccccc2)O[C@H]1N1C=CC(=O)NC1=C. The number of aliphatic hydroxyl groups excluding tert-OH is 1. The largest absolute Gasteiger partial charge is 0.461 e. The third-order valence-corrected chi connectivity index (χ3v) is 7.51. The molecule has 2 aliphatic rings. The Kier molecular flexibility index (Phi) is 9.07. The van der Waals surface area contributed by atoms with Gasteiger partial charge in [-0.25, -0.2) is 14.4 Å². The molecule has 0 aliphatic carbocycles. The summed E-state index contributed by atoms with van der Waals surface area (Å²) >= 11 is 0. The topological polar surface area (TPSA) is 156 Å². The van der Waals surface area contributed by atoms with E-state index in [9.17, 15) is 24.4 Å². The van der Waals surface area contributed by atoms with Gasteiger partial charge in [0.2, 0.25) is 0 Å². The van der Waals surface area contributed by atoms with E-state index in [0.29, 0.717) is 5.56 Å². The van der Waals surface area contributed by atoms with E-state index in [1.807, 2.05) is 0 Å². The molecule has 4 rings (SSSR count). The van der Waals surface area contributed by atoms with Crippen molar-refractivity contribution in [1.29, 1.82) is 0 Å². The third kappa shape index (κ3) is 6.60. The third-order valence-electron chi connectivity index (χ3n) is 5.96. The second-order valence-electron chi connectivity index (χ2n) is 8.71. The summed E-state index contributed by atoms with van der Waals surface area (Å²) < 4.78 is 35.8. The van der Waals surface area contributed by atoms with Crippen LogP contribution in [0.25, 0.3) is 0 Å². The second-order valence-corrected chi connectivity index (χ2v) is 10.5. The Bertz CT molecular complexity index is 1350. The number of nitrogens with zero attached hydrogens (tertiary/aromatic N) is 1. The molecule has 2 aromatic rings. The van der Waals surface area contributed by atoms with Crippen molar-refractivity contribution in [1.82, 2.24) is 15.3 Å². The molecule has 1 amide bonds. The minimum Gasteiger partial charge on any atom is -0.461 e. The highest BCUT2D eigenvalue weighted by atomic mass is 31.2. The maximum absolute atomic E-state index is 13.6. The van der Waals surface area contributed by atoms with Crippen LogP contribution in [-0.2, 0) is 23.4 Å². The standard InChI is InChI=1S/C27H28N3O9P/c1-3-27(34)24(32)22(38-26(27)30-16-14-23(31)29-19(30)2)18-37-40(35,39-21-12-8-5-9-13-21)28-15-17-36-25(33)20-10-6-4-7-11-20/h1,4-14,16,22,24,26,32,34H,2,15,17-18H2,(H,28,35)(H,29,31)/t22-,24-,26-,27-,40?/m1/s1. The van der Waals surface area contributed by atoms with Crippen molar-refractivity contribution >= 4 is 19.6 Å². The molecule has 1 saturated heterocycles. The Balaban J connectivity index is 1.43. The van der Waals surface area contributed by atoms with E-state index in [4.69, 9.17) is 24.9 Å². The van der Waals surface area contributed by atoms with E-state index in [-0.39, 0.29) is 24.7 Å². The first-order chi connectivity index (χ1) is 19.1. The van der Waals surface area contributed by atoms with Gasteiger partial charge in [0, 0.05) is 18.8 Å². The average Bonchev–Trinajstić information content (AvgIpc) is 3.21. The molecule has 4 N–H and O–H groups in total. The monoisotopic (exact) mass is 569 g/mol. The first-order valence-corrected chi connectivity index (χ1v) is 13.7. The van der Waals surface area contributed by atoms with E-state index in [0.717, 1.165) is 0 Å². The Labute approximate surface area is 230 Å². The second kappa shape index (κ2) is 12.5. The highest BCUT2D eigenvalue weighted by molar-refractivity contribution is 7.52. The normalized spacial score (nSPS) is 25.5. The van der Waals surface area contributed by atoms with Crippen LogP contribution in [0.1, 0.15) is 10.4 Å². The van der Waals surface area contributed by atoms with E-state index >= 15 is 0 Å². The van der Waals surface area contributed by atoms with Gasteiger partial charge in [0.15, 0.2) is 11.8 Å². The van der Waals surface area contributed by atoms with Gasteiger partial charge in [0.1, 0.15) is 30.4 Å². The van der Waals surface area contributed by atoms with E-state index in [1.54, 1.807) is 60.7 Å². The lowest BCUT2D eigenvalue weighted by Crippen LogP contribution is -2.54. The van der Waals surface area contributed by atoms with Crippen LogP contribution in [0.4, 0.5) is 0 Å². The Hall–Kier alpha value is -3.95. The minimum atomic E-state index is -4.14. The summed E-state index contributed by atoms with van der Waals surface area (Å²) in [6, 6.07) is 16.6. The fraction of sp³-hybridized carbons (Fsp3) is 0.259. The maximum atomic E-state index is 13.6. The number of terminal acetylenes is 1. The molecule has 0 saturated carbocycles. The van der Waals surface area contributed by atoms with Crippen molar-refractivity contribution in [2.24, 2.45) is 0 Å². The fourth-order valence-electron chi connectivity index (χ4n) is 3.92. The van der Waals surface area contributed by atoms with Crippen molar-refractivity contribution in [3.8, 4) is 18.1 Å². The number of carbonyl (C=O) groups is 2. The number of rotatable bonds is 11. The average molecular weight is 570 g/mol. The lowest BCUT2D eigenvalue weighted by molar-refractivity contribution is -0.120. The van der Waals surface area contributed by atoms with Gasteiger partial charge in [0.25, 0.3) is 5.91 Å². The summed E-state index contributed by atoms with van der Waals surface area (Å²) in [4.78, 5) is 25.0. The molecule has 1 fully saturated rings. The van der Waals surface area contributed by atoms with Crippen molar-refractivity contribution in [3.63, 3.8) is 0 Å². The van der Waals surface area contributed by atoms with Crippen molar-refractivity contribution < 1.29 is 42.9 Å². The van der Waals surface area contributed by atoms with Crippen LogP contribution in [-0.4, -0.2) is 70.8 Å². The molecule has 2 aromatic carbocycles. The Morgan fingerprint density at radius 1 is 1.23 bits per heavy atom. The van der Waals surface area contributed by atoms with Crippen LogP contribution in [0.5, 0.6) is 5.75 Å². The summed E-state index contributed by atoms with van der Waals surface area (Å²) in [5.74, 6) is 1.41. The molecule has 12 nitrogen and oxygen atoms in total. The highest BCUT2D eigenvalue weighted by Crippen LogP contribution is 2.45. The van der Waals surface area contributed by atoms with Crippen molar-refractivity contribution in [3.05, 3.63) is 90.9 Å². The maximum Gasteiger partial charge on any atom is 0.458 e. The van der Waals surface area contributed by atoms with Crippen LogP contribution >= 0.6 is 7.75 Å². The number of carbonyl (C=O) groups excluding carboxylic acids is 2. The van der Waals surface area contributed by atoms with Gasteiger partial charge in [-0.05, 0) is 24.3 Å². The van der Waals surface area contributed by atoms with Gasteiger partial charge in [0.05, 0.1) is 12.2 Å². The van der Waals surface area contributed by atoms with Gasteiger partial charge in [-0.1, -0.05) is 48.9 Å². The molecule has 13 heteroatoms. The Morgan fingerprint density at radius 2 is 1.90 bits per heavy atom. The van der Waals surface area contributed by atoms with E-state index in [1.165, 1.54) is 17.2 Å². The summed E-state index contributed by atoms with van der Waals surface area (Å²) in [6.07, 6.45) is 3.70. The molecule has 0 bridgehead atoms. The van der Waals surface area contributed by atoms with Gasteiger partial charge >= 0.3 is 13.7 Å². The lowest BCUT2D eigenvalue weighted by atomic mass is 9.94. The number of amides is 1. The lowest BCUT2D eigenvalue weighted by Gasteiger charge is -2.36. The van der Waals surface area contributed by atoms with Gasteiger partial charge in [-0.2, -0.15) is 0 Å². The number of benzene rings is 2. The summed E-state index contributed by atoms with van der Waals surface area (Å²) in [7, 11) is -4.14. The number of aliphatic hydroxyl groups is 2. The summed E-state index contributed by atoms with van der Waals surface area (Å²) in [5, 5.41) is 27.0. The van der Waals surface area contributed by atoms with Crippen LogP contribution in [0.15, 0.2) is 85.3 Å². The Morgan fingerprint density at radius 3 is 2.55 bits per heavy atom. The zero-order valence-corrected chi connectivity index (χ0v) is 22.1. The first-order valence-electron chi connectivity index (χ1n) is 12.1. The molecule has 1 unspecified atom stereocenters. The van der Waals surface area contributed by atoms with E-state index < -0.39 is 50.3 Å². The predicted octanol–water partition coefficient (Wildman–Crippen LogP) is 1.50. The molecule has 0 radical (unpaired) electrons.